The molecule has 3 aromatic rings. The molecule has 0 fully saturated rings. The minimum atomic E-state index is -0.506. The van der Waals surface area contributed by atoms with Gasteiger partial charge in [0.1, 0.15) is 5.69 Å². The van der Waals surface area contributed by atoms with Gasteiger partial charge in [-0.05, 0) is 42.5 Å². The molecular formula is C21H20N2O4. The molecule has 0 saturated heterocycles. The van der Waals surface area contributed by atoms with E-state index in [1.54, 1.807) is 6.07 Å². The van der Waals surface area contributed by atoms with Crippen LogP contribution in [-0.2, 0) is 27.2 Å². The second kappa shape index (κ2) is 7.61. The Balaban J connectivity index is 1.31. The summed E-state index contributed by atoms with van der Waals surface area (Å²) in [5, 5.41) is 7.65. The van der Waals surface area contributed by atoms with Gasteiger partial charge in [-0.15, -0.1) is 0 Å². The molecule has 4 rings (SSSR count). The zero-order valence-corrected chi connectivity index (χ0v) is 14.8. The molecule has 0 aliphatic heterocycles. The van der Waals surface area contributed by atoms with Crippen LogP contribution in [0.5, 0.6) is 0 Å². The molecule has 1 unspecified atom stereocenters. The predicted octanol–water partition coefficient (Wildman–Crippen LogP) is 3.11. The number of rotatable bonds is 5. The average molecular weight is 364 g/mol. The first kappa shape index (κ1) is 17.3. The van der Waals surface area contributed by atoms with E-state index in [0.717, 1.165) is 30.2 Å². The van der Waals surface area contributed by atoms with Crippen molar-refractivity contribution in [2.75, 3.05) is 6.61 Å². The van der Waals surface area contributed by atoms with Crippen molar-refractivity contribution >= 4 is 22.8 Å². The van der Waals surface area contributed by atoms with Crippen molar-refractivity contribution < 1.29 is 18.8 Å². The molecule has 1 atom stereocenters. The molecule has 1 heterocycles. The van der Waals surface area contributed by atoms with Crippen molar-refractivity contribution in [1.29, 1.82) is 0 Å². The van der Waals surface area contributed by atoms with Crippen LogP contribution in [0.3, 0.4) is 0 Å². The number of carbonyl (C=O) groups excluding carboxylic acids is 2. The Morgan fingerprint density at radius 2 is 1.96 bits per heavy atom. The van der Waals surface area contributed by atoms with E-state index in [4.69, 9.17) is 9.26 Å². The molecule has 0 saturated carbocycles. The number of amides is 1. The number of esters is 1. The van der Waals surface area contributed by atoms with Gasteiger partial charge >= 0.3 is 5.97 Å². The zero-order valence-electron chi connectivity index (χ0n) is 14.8. The summed E-state index contributed by atoms with van der Waals surface area (Å²) in [5.41, 5.74) is 3.55. The molecule has 6 nitrogen and oxygen atoms in total. The van der Waals surface area contributed by atoms with Gasteiger partial charge in [0, 0.05) is 5.39 Å². The van der Waals surface area contributed by atoms with Gasteiger partial charge in [-0.2, -0.15) is 0 Å². The lowest BCUT2D eigenvalue weighted by atomic mass is 9.88. The van der Waals surface area contributed by atoms with E-state index < -0.39 is 5.97 Å². The first-order valence-corrected chi connectivity index (χ1v) is 9.07. The van der Waals surface area contributed by atoms with Crippen LogP contribution in [0.25, 0.3) is 11.0 Å². The van der Waals surface area contributed by atoms with Crippen molar-refractivity contribution in [3.8, 4) is 0 Å². The molecule has 0 radical (unpaired) electrons. The second-order valence-corrected chi connectivity index (χ2v) is 6.67. The van der Waals surface area contributed by atoms with Crippen LogP contribution in [-0.4, -0.2) is 23.6 Å². The zero-order chi connectivity index (χ0) is 18.6. The summed E-state index contributed by atoms with van der Waals surface area (Å²) in [7, 11) is 0. The third-order valence-corrected chi connectivity index (χ3v) is 4.83. The van der Waals surface area contributed by atoms with Gasteiger partial charge in [0.2, 0.25) is 0 Å². The average Bonchev–Trinajstić information content (AvgIpc) is 3.10. The van der Waals surface area contributed by atoms with Crippen LogP contribution in [0.4, 0.5) is 0 Å². The lowest BCUT2D eigenvalue weighted by molar-refractivity contribution is -0.148. The second-order valence-electron chi connectivity index (χ2n) is 6.67. The Bertz CT molecular complexity index is 979. The van der Waals surface area contributed by atoms with E-state index in [2.05, 4.69) is 16.5 Å². The molecule has 138 valence electrons. The number of nitrogens with zero attached hydrogens (tertiary/aromatic N) is 1. The van der Waals surface area contributed by atoms with Gasteiger partial charge in [0.15, 0.2) is 12.2 Å². The number of fused-ring (bicyclic) bond motifs is 2. The van der Waals surface area contributed by atoms with Gasteiger partial charge in [-0.3, -0.25) is 9.59 Å². The van der Waals surface area contributed by atoms with Crippen LogP contribution in [0, 0.1) is 0 Å². The van der Waals surface area contributed by atoms with E-state index >= 15 is 0 Å². The maximum atomic E-state index is 12.2. The number of ether oxygens (including phenoxy) is 1. The van der Waals surface area contributed by atoms with Crippen LogP contribution in [0.2, 0.25) is 0 Å². The summed E-state index contributed by atoms with van der Waals surface area (Å²) >= 11 is 0. The highest BCUT2D eigenvalue weighted by Gasteiger charge is 2.22. The Morgan fingerprint density at radius 3 is 2.89 bits per heavy atom. The number of benzene rings is 2. The summed E-state index contributed by atoms with van der Waals surface area (Å²) in [4.78, 5) is 24.3. The smallest absolute Gasteiger partial charge is 0.312 e. The molecule has 1 N–H and O–H groups in total. The van der Waals surface area contributed by atoms with E-state index in [1.165, 1.54) is 5.56 Å². The number of hydrogen-bond donors (Lipinski definition) is 1. The number of hydrogen-bond acceptors (Lipinski definition) is 5. The van der Waals surface area contributed by atoms with E-state index in [9.17, 15) is 9.59 Å². The molecule has 6 heteroatoms. The summed E-state index contributed by atoms with van der Waals surface area (Å²) < 4.78 is 10.3. The number of aryl methyl sites for hydroxylation is 1. The fraction of sp³-hybridized carbons (Fsp3) is 0.286. The molecule has 2 aromatic carbocycles. The third-order valence-electron chi connectivity index (χ3n) is 4.83. The van der Waals surface area contributed by atoms with Gasteiger partial charge in [0.25, 0.3) is 5.91 Å². The van der Waals surface area contributed by atoms with E-state index in [-0.39, 0.29) is 25.0 Å². The van der Waals surface area contributed by atoms with Crippen molar-refractivity contribution in [3.05, 3.63) is 65.4 Å². The van der Waals surface area contributed by atoms with Crippen molar-refractivity contribution in [3.63, 3.8) is 0 Å². The van der Waals surface area contributed by atoms with Crippen LogP contribution < -0.4 is 5.32 Å². The number of para-hydroxylation sites is 1. The van der Waals surface area contributed by atoms with Crippen LogP contribution in [0.1, 0.15) is 35.7 Å². The number of nitrogens with one attached hydrogen (secondary N) is 1. The fourth-order valence-electron chi connectivity index (χ4n) is 3.54. The van der Waals surface area contributed by atoms with E-state index in [1.807, 2.05) is 36.4 Å². The molecule has 27 heavy (non-hydrogen) atoms. The standard InChI is InChI=1S/C21H20N2O4/c24-20(22-17-10-5-7-14-6-1-2-8-15(14)17)13-26-21(25)12-18-16-9-3-4-11-19(16)27-23-18/h1-4,6,8-9,11,17H,5,7,10,12-13H2,(H,22,24). The molecule has 1 amide bonds. The summed E-state index contributed by atoms with van der Waals surface area (Å²) in [5.74, 6) is -0.802. The maximum Gasteiger partial charge on any atom is 0.312 e. The molecule has 0 spiro atoms. The van der Waals surface area contributed by atoms with Crippen molar-refractivity contribution in [2.45, 2.75) is 31.7 Å². The molecule has 1 aliphatic rings. The Labute approximate surface area is 156 Å². The normalized spacial score (nSPS) is 15.9. The van der Waals surface area contributed by atoms with Gasteiger partial charge in [-0.25, -0.2) is 0 Å². The quantitative estimate of drug-likeness (QED) is 0.704. The fourth-order valence-corrected chi connectivity index (χ4v) is 3.54. The SMILES string of the molecule is O=C(COC(=O)Cc1noc2ccccc12)NC1CCCc2ccccc21. The van der Waals surface area contributed by atoms with Gasteiger partial charge in [-0.1, -0.05) is 41.6 Å². The highest BCUT2D eigenvalue weighted by atomic mass is 16.5. The Morgan fingerprint density at radius 1 is 1.15 bits per heavy atom. The van der Waals surface area contributed by atoms with Crippen molar-refractivity contribution in [1.82, 2.24) is 10.5 Å². The third kappa shape index (κ3) is 3.84. The predicted molar refractivity (Wildman–Crippen MR) is 98.9 cm³/mol. The number of carbonyl (C=O) groups is 2. The topological polar surface area (TPSA) is 81.4 Å². The maximum absolute atomic E-state index is 12.2. The Hall–Kier alpha value is -3.15. The highest BCUT2D eigenvalue weighted by molar-refractivity contribution is 5.85. The van der Waals surface area contributed by atoms with E-state index in [0.29, 0.717) is 11.3 Å². The highest BCUT2D eigenvalue weighted by Crippen LogP contribution is 2.29. The minimum Gasteiger partial charge on any atom is -0.455 e. The largest absolute Gasteiger partial charge is 0.455 e. The molecular weight excluding hydrogens is 344 g/mol. The van der Waals surface area contributed by atoms with Crippen LogP contribution in [0.15, 0.2) is 53.1 Å². The first-order chi connectivity index (χ1) is 13.2. The molecule has 1 aromatic heterocycles. The summed E-state index contributed by atoms with van der Waals surface area (Å²) in [6.45, 7) is -0.298. The molecule has 1 aliphatic carbocycles. The first-order valence-electron chi connectivity index (χ1n) is 9.07. The van der Waals surface area contributed by atoms with Crippen molar-refractivity contribution in [2.24, 2.45) is 0 Å². The summed E-state index contributed by atoms with van der Waals surface area (Å²) in [6.07, 6.45) is 2.92. The monoisotopic (exact) mass is 364 g/mol. The van der Waals surface area contributed by atoms with Gasteiger partial charge < -0.3 is 14.6 Å². The van der Waals surface area contributed by atoms with Gasteiger partial charge in [0.05, 0.1) is 12.5 Å². The molecule has 0 bridgehead atoms. The number of aromatic nitrogens is 1. The lowest BCUT2D eigenvalue weighted by Crippen LogP contribution is -2.34. The minimum absolute atomic E-state index is 0.0272. The Kier molecular flexibility index (Phi) is 4.87. The summed E-state index contributed by atoms with van der Waals surface area (Å²) in [6, 6.07) is 15.4. The lowest BCUT2D eigenvalue weighted by Gasteiger charge is -2.26. The van der Waals surface area contributed by atoms with Crippen LogP contribution >= 0.6 is 0 Å².